The summed E-state index contributed by atoms with van der Waals surface area (Å²) in [5.41, 5.74) is 7.27. The van der Waals surface area contributed by atoms with Crippen LogP contribution in [0.15, 0.2) is 18.2 Å². The first-order chi connectivity index (χ1) is 7.19. The molecule has 1 fully saturated rings. The number of hydrogen-bond acceptors (Lipinski definition) is 2. The van der Waals surface area contributed by atoms with Crippen molar-refractivity contribution in [3.8, 4) is 5.75 Å². The molecule has 1 aromatic carbocycles. The molecule has 0 amide bonds. The van der Waals surface area contributed by atoms with Crippen molar-refractivity contribution in [2.75, 3.05) is 13.7 Å². The maximum absolute atomic E-state index is 6.18. The van der Waals surface area contributed by atoms with Crippen molar-refractivity contribution in [3.05, 3.63) is 28.8 Å². The molecular weight excluding hydrogens is 210 g/mol. The third-order valence-corrected chi connectivity index (χ3v) is 3.57. The summed E-state index contributed by atoms with van der Waals surface area (Å²) < 4.78 is 5.11. The molecule has 0 saturated heterocycles. The van der Waals surface area contributed by atoms with Gasteiger partial charge in [0.25, 0.3) is 0 Å². The predicted molar refractivity (Wildman–Crippen MR) is 62.4 cm³/mol. The van der Waals surface area contributed by atoms with Gasteiger partial charge in [0, 0.05) is 5.02 Å². The number of hydrogen-bond donors (Lipinski definition) is 1. The molecule has 2 nitrogen and oxygen atoms in total. The highest BCUT2D eigenvalue weighted by Gasteiger charge is 2.41. The zero-order chi connectivity index (χ0) is 10.9. The second kappa shape index (κ2) is 4.03. The van der Waals surface area contributed by atoms with Gasteiger partial charge in [-0.15, -0.1) is 0 Å². The van der Waals surface area contributed by atoms with Crippen molar-refractivity contribution in [1.82, 2.24) is 0 Å². The fourth-order valence-electron chi connectivity index (χ4n) is 1.83. The van der Waals surface area contributed by atoms with Crippen LogP contribution in [0.5, 0.6) is 5.75 Å². The molecular formula is C12H16ClNO. The van der Waals surface area contributed by atoms with E-state index in [0.717, 1.165) is 23.7 Å². The second-order valence-corrected chi connectivity index (χ2v) is 4.75. The maximum atomic E-state index is 6.18. The van der Waals surface area contributed by atoms with Crippen LogP contribution in [-0.2, 0) is 6.42 Å². The SMILES string of the molecule is COc1ccc(CC2(CN)CC2)c(Cl)c1. The van der Waals surface area contributed by atoms with E-state index in [1.54, 1.807) is 7.11 Å². The lowest BCUT2D eigenvalue weighted by Crippen LogP contribution is -2.18. The van der Waals surface area contributed by atoms with Crippen molar-refractivity contribution < 1.29 is 4.74 Å². The number of methoxy groups -OCH3 is 1. The lowest BCUT2D eigenvalue weighted by atomic mass is 9.96. The highest BCUT2D eigenvalue weighted by molar-refractivity contribution is 6.31. The van der Waals surface area contributed by atoms with Gasteiger partial charge in [0.2, 0.25) is 0 Å². The Balaban J connectivity index is 2.15. The van der Waals surface area contributed by atoms with E-state index in [9.17, 15) is 0 Å². The smallest absolute Gasteiger partial charge is 0.120 e. The predicted octanol–water partition coefficient (Wildman–Crippen LogP) is 2.63. The van der Waals surface area contributed by atoms with Crippen molar-refractivity contribution >= 4 is 11.6 Å². The first kappa shape index (κ1) is 10.8. The molecule has 0 bridgehead atoms. The Labute approximate surface area is 95.4 Å². The largest absolute Gasteiger partial charge is 0.497 e. The van der Waals surface area contributed by atoms with Gasteiger partial charge in [-0.3, -0.25) is 0 Å². The summed E-state index contributed by atoms with van der Waals surface area (Å²) in [6, 6.07) is 5.86. The monoisotopic (exact) mass is 225 g/mol. The van der Waals surface area contributed by atoms with Gasteiger partial charge in [-0.1, -0.05) is 17.7 Å². The lowest BCUT2D eigenvalue weighted by molar-refractivity contribution is 0.414. The Morgan fingerprint density at radius 3 is 2.67 bits per heavy atom. The Hall–Kier alpha value is -0.730. The number of ether oxygens (including phenoxy) is 1. The number of rotatable bonds is 4. The Morgan fingerprint density at radius 2 is 2.20 bits per heavy atom. The molecule has 0 aliphatic heterocycles. The molecule has 1 saturated carbocycles. The molecule has 0 radical (unpaired) electrons. The first-order valence-electron chi connectivity index (χ1n) is 5.22. The lowest BCUT2D eigenvalue weighted by Gasteiger charge is -2.13. The van der Waals surface area contributed by atoms with Gasteiger partial charge in [0.1, 0.15) is 5.75 Å². The van der Waals surface area contributed by atoms with E-state index in [1.165, 1.54) is 18.4 Å². The van der Waals surface area contributed by atoms with E-state index in [1.807, 2.05) is 18.2 Å². The van der Waals surface area contributed by atoms with Gasteiger partial charge in [-0.05, 0) is 48.9 Å². The van der Waals surface area contributed by atoms with Crippen LogP contribution >= 0.6 is 11.6 Å². The van der Waals surface area contributed by atoms with Crippen molar-refractivity contribution in [1.29, 1.82) is 0 Å². The fourth-order valence-corrected chi connectivity index (χ4v) is 2.07. The van der Waals surface area contributed by atoms with Gasteiger partial charge in [0.15, 0.2) is 0 Å². The quantitative estimate of drug-likeness (QED) is 0.855. The van der Waals surface area contributed by atoms with Crippen LogP contribution in [0.2, 0.25) is 5.02 Å². The van der Waals surface area contributed by atoms with Crippen LogP contribution in [-0.4, -0.2) is 13.7 Å². The Bertz CT molecular complexity index is 361. The maximum Gasteiger partial charge on any atom is 0.120 e. The molecule has 0 aromatic heterocycles. The minimum atomic E-state index is 0.332. The van der Waals surface area contributed by atoms with Gasteiger partial charge in [-0.2, -0.15) is 0 Å². The summed E-state index contributed by atoms with van der Waals surface area (Å²) in [4.78, 5) is 0. The Kier molecular flexibility index (Phi) is 2.89. The van der Waals surface area contributed by atoms with Crippen LogP contribution in [0.25, 0.3) is 0 Å². The molecule has 1 aromatic rings. The molecule has 2 N–H and O–H groups in total. The van der Waals surface area contributed by atoms with Crippen molar-refractivity contribution in [2.45, 2.75) is 19.3 Å². The van der Waals surface area contributed by atoms with Crippen LogP contribution < -0.4 is 10.5 Å². The molecule has 0 spiro atoms. The average Bonchev–Trinajstić information content (AvgIpc) is 3.02. The molecule has 0 heterocycles. The third-order valence-electron chi connectivity index (χ3n) is 3.22. The first-order valence-corrected chi connectivity index (χ1v) is 5.59. The van der Waals surface area contributed by atoms with Crippen LogP contribution in [0.3, 0.4) is 0 Å². The molecule has 0 atom stereocenters. The third kappa shape index (κ3) is 2.27. The minimum Gasteiger partial charge on any atom is -0.497 e. The van der Waals surface area contributed by atoms with E-state index in [4.69, 9.17) is 22.1 Å². The summed E-state index contributed by atoms with van der Waals surface area (Å²) in [5.74, 6) is 0.807. The standard InChI is InChI=1S/C12H16ClNO/c1-15-10-3-2-9(11(13)6-10)7-12(8-14)4-5-12/h2-3,6H,4-5,7-8,14H2,1H3. The second-order valence-electron chi connectivity index (χ2n) is 4.34. The molecule has 1 aliphatic carbocycles. The molecule has 82 valence electrons. The van der Waals surface area contributed by atoms with Crippen LogP contribution in [0, 0.1) is 5.41 Å². The molecule has 0 unspecified atom stereocenters. The van der Waals surface area contributed by atoms with Crippen molar-refractivity contribution in [2.24, 2.45) is 11.1 Å². The number of benzene rings is 1. The zero-order valence-corrected chi connectivity index (χ0v) is 9.68. The minimum absolute atomic E-state index is 0.332. The summed E-state index contributed by atoms with van der Waals surface area (Å²) in [6.07, 6.45) is 3.45. The van der Waals surface area contributed by atoms with E-state index in [0.29, 0.717) is 5.41 Å². The number of nitrogens with two attached hydrogens (primary N) is 1. The summed E-state index contributed by atoms with van der Waals surface area (Å²) >= 11 is 6.18. The van der Waals surface area contributed by atoms with E-state index in [-0.39, 0.29) is 0 Å². The molecule has 1 aliphatic rings. The van der Waals surface area contributed by atoms with Gasteiger partial charge in [-0.25, -0.2) is 0 Å². The Morgan fingerprint density at radius 1 is 1.47 bits per heavy atom. The van der Waals surface area contributed by atoms with Crippen LogP contribution in [0.4, 0.5) is 0 Å². The van der Waals surface area contributed by atoms with Gasteiger partial charge >= 0.3 is 0 Å². The molecule has 2 rings (SSSR count). The van der Waals surface area contributed by atoms with Crippen LogP contribution in [0.1, 0.15) is 18.4 Å². The normalized spacial score (nSPS) is 17.5. The van der Waals surface area contributed by atoms with E-state index in [2.05, 4.69) is 0 Å². The topological polar surface area (TPSA) is 35.2 Å². The average molecular weight is 226 g/mol. The summed E-state index contributed by atoms with van der Waals surface area (Å²) in [5, 5.41) is 0.786. The zero-order valence-electron chi connectivity index (χ0n) is 8.92. The highest BCUT2D eigenvalue weighted by Crippen LogP contribution is 2.48. The highest BCUT2D eigenvalue weighted by atomic mass is 35.5. The molecule has 3 heteroatoms. The van der Waals surface area contributed by atoms with E-state index < -0.39 is 0 Å². The van der Waals surface area contributed by atoms with E-state index >= 15 is 0 Å². The van der Waals surface area contributed by atoms with Gasteiger partial charge in [0.05, 0.1) is 7.11 Å². The summed E-state index contributed by atoms with van der Waals surface area (Å²) in [6.45, 7) is 0.759. The molecule has 15 heavy (non-hydrogen) atoms. The fraction of sp³-hybridized carbons (Fsp3) is 0.500. The number of halogens is 1. The van der Waals surface area contributed by atoms with Crippen molar-refractivity contribution in [3.63, 3.8) is 0 Å². The van der Waals surface area contributed by atoms with Gasteiger partial charge < -0.3 is 10.5 Å². The summed E-state index contributed by atoms with van der Waals surface area (Å²) in [7, 11) is 1.65.